The SMILES string of the molecule is COCCCC(=O)C(C)(C)CN. The molecule has 0 aromatic heterocycles. The molecule has 0 amide bonds. The second-order valence-corrected chi connectivity index (χ2v) is 3.61. The number of methoxy groups -OCH3 is 1. The van der Waals surface area contributed by atoms with Gasteiger partial charge in [-0.25, -0.2) is 0 Å². The minimum atomic E-state index is -0.367. The topological polar surface area (TPSA) is 52.3 Å². The van der Waals surface area contributed by atoms with Gasteiger partial charge >= 0.3 is 0 Å². The molecule has 3 nitrogen and oxygen atoms in total. The third kappa shape index (κ3) is 3.83. The van der Waals surface area contributed by atoms with Gasteiger partial charge in [0.1, 0.15) is 5.78 Å². The first-order valence-electron chi connectivity index (χ1n) is 4.27. The highest BCUT2D eigenvalue weighted by Crippen LogP contribution is 2.16. The zero-order valence-electron chi connectivity index (χ0n) is 8.22. The summed E-state index contributed by atoms with van der Waals surface area (Å²) in [5.41, 5.74) is 5.09. The molecular weight excluding hydrogens is 154 g/mol. The molecule has 0 heterocycles. The Hall–Kier alpha value is -0.410. The lowest BCUT2D eigenvalue weighted by Crippen LogP contribution is -2.32. The Morgan fingerprint density at radius 1 is 1.50 bits per heavy atom. The Morgan fingerprint density at radius 2 is 2.08 bits per heavy atom. The molecule has 0 atom stereocenters. The highest BCUT2D eigenvalue weighted by Gasteiger charge is 2.24. The van der Waals surface area contributed by atoms with E-state index in [9.17, 15) is 4.79 Å². The van der Waals surface area contributed by atoms with Crippen molar-refractivity contribution in [3.05, 3.63) is 0 Å². The average Bonchev–Trinajstić information content (AvgIpc) is 2.05. The molecule has 0 aromatic rings. The summed E-state index contributed by atoms with van der Waals surface area (Å²) in [6.45, 7) is 4.81. The summed E-state index contributed by atoms with van der Waals surface area (Å²) in [5.74, 6) is 0.224. The fourth-order valence-electron chi connectivity index (χ4n) is 0.829. The highest BCUT2D eigenvalue weighted by molar-refractivity contribution is 5.84. The maximum absolute atomic E-state index is 11.4. The van der Waals surface area contributed by atoms with Crippen molar-refractivity contribution in [2.45, 2.75) is 26.7 Å². The minimum Gasteiger partial charge on any atom is -0.385 e. The summed E-state index contributed by atoms with van der Waals surface area (Å²) < 4.78 is 4.86. The number of rotatable bonds is 6. The van der Waals surface area contributed by atoms with E-state index < -0.39 is 0 Å². The van der Waals surface area contributed by atoms with Crippen molar-refractivity contribution >= 4 is 5.78 Å². The molecule has 3 heteroatoms. The number of Topliss-reactive ketones (excluding diaryl/α,β-unsaturated/α-hetero) is 1. The maximum Gasteiger partial charge on any atom is 0.139 e. The van der Waals surface area contributed by atoms with Crippen molar-refractivity contribution in [2.75, 3.05) is 20.3 Å². The first kappa shape index (κ1) is 11.6. The van der Waals surface area contributed by atoms with Crippen LogP contribution >= 0.6 is 0 Å². The van der Waals surface area contributed by atoms with Gasteiger partial charge in [0.15, 0.2) is 0 Å². The van der Waals surface area contributed by atoms with Gasteiger partial charge in [0, 0.05) is 32.1 Å². The van der Waals surface area contributed by atoms with Gasteiger partial charge in [-0.3, -0.25) is 4.79 Å². The van der Waals surface area contributed by atoms with Crippen LogP contribution in [-0.2, 0) is 9.53 Å². The molecule has 12 heavy (non-hydrogen) atoms. The molecule has 72 valence electrons. The largest absolute Gasteiger partial charge is 0.385 e. The van der Waals surface area contributed by atoms with Gasteiger partial charge in [-0.05, 0) is 6.42 Å². The Labute approximate surface area is 74.3 Å². The summed E-state index contributed by atoms with van der Waals surface area (Å²) >= 11 is 0. The normalized spacial score (nSPS) is 11.7. The van der Waals surface area contributed by atoms with E-state index in [-0.39, 0.29) is 11.2 Å². The molecule has 0 bridgehead atoms. The first-order valence-corrected chi connectivity index (χ1v) is 4.27. The third-order valence-corrected chi connectivity index (χ3v) is 2.02. The van der Waals surface area contributed by atoms with Crippen LogP contribution in [0.2, 0.25) is 0 Å². The van der Waals surface area contributed by atoms with Gasteiger partial charge in [-0.1, -0.05) is 13.8 Å². The van der Waals surface area contributed by atoms with Crippen LogP contribution in [0, 0.1) is 5.41 Å². The molecule has 0 fully saturated rings. The van der Waals surface area contributed by atoms with Crippen LogP contribution in [0.3, 0.4) is 0 Å². The van der Waals surface area contributed by atoms with Crippen LogP contribution in [0.5, 0.6) is 0 Å². The van der Waals surface area contributed by atoms with Crippen LogP contribution < -0.4 is 5.73 Å². The van der Waals surface area contributed by atoms with Crippen molar-refractivity contribution in [3.8, 4) is 0 Å². The molecule has 0 spiro atoms. The number of carbonyl (C=O) groups is 1. The number of hydrogen-bond acceptors (Lipinski definition) is 3. The molecular formula is C9H19NO2. The van der Waals surface area contributed by atoms with E-state index in [1.165, 1.54) is 0 Å². The van der Waals surface area contributed by atoms with Crippen molar-refractivity contribution in [2.24, 2.45) is 11.1 Å². The quantitative estimate of drug-likeness (QED) is 0.609. The molecule has 0 rings (SSSR count). The molecule has 0 radical (unpaired) electrons. The maximum atomic E-state index is 11.4. The first-order chi connectivity index (χ1) is 5.54. The Morgan fingerprint density at radius 3 is 2.50 bits per heavy atom. The van der Waals surface area contributed by atoms with Crippen molar-refractivity contribution in [3.63, 3.8) is 0 Å². The summed E-state index contributed by atoms with van der Waals surface area (Å²) in [6.07, 6.45) is 1.36. The summed E-state index contributed by atoms with van der Waals surface area (Å²) in [5, 5.41) is 0. The van der Waals surface area contributed by atoms with E-state index in [0.717, 1.165) is 6.42 Å². The molecule has 2 N–H and O–H groups in total. The molecule has 0 aliphatic heterocycles. The zero-order valence-corrected chi connectivity index (χ0v) is 8.22. The summed E-state index contributed by atoms with van der Waals surface area (Å²) in [6, 6.07) is 0. The molecule has 0 aliphatic carbocycles. The molecule has 0 saturated carbocycles. The van der Waals surface area contributed by atoms with Crippen LogP contribution in [-0.4, -0.2) is 26.0 Å². The fourth-order valence-corrected chi connectivity index (χ4v) is 0.829. The number of nitrogens with two attached hydrogens (primary N) is 1. The standard InChI is InChI=1S/C9H19NO2/c1-9(2,7-10)8(11)5-4-6-12-3/h4-7,10H2,1-3H3. The molecule has 0 aliphatic rings. The van der Waals surface area contributed by atoms with E-state index >= 15 is 0 Å². The van der Waals surface area contributed by atoms with E-state index in [0.29, 0.717) is 19.6 Å². The molecule has 0 aromatic carbocycles. The number of hydrogen-bond donors (Lipinski definition) is 1. The number of ether oxygens (including phenoxy) is 1. The van der Waals surface area contributed by atoms with Crippen molar-refractivity contribution in [1.29, 1.82) is 0 Å². The van der Waals surface area contributed by atoms with E-state index in [1.54, 1.807) is 7.11 Å². The van der Waals surface area contributed by atoms with Crippen LogP contribution in [0.4, 0.5) is 0 Å². The van der Waals surface area contributed by atoms with Gasteiger partial charge in [0.25, 0.3) is 0 Å². The van der Waals surface area contributed by atoms with Crippen LogP contribution in [0.25, 0.3) is 0 Å². The van der Waals surface area contributed by atoms with Crippen molar-refractivity contribution < 1.29 is 9.53 Å². The van der Waals surface area contributed by atoms with E-state index in [4.69, 9.17) is 10.5 Å². The van der Waals surface area contributed by atoms with Gasteiger partial charge in [0.05, 0.1) is 0 Å². The van der Waals surface area contributed by atoms with Gasteiger partial charge in [-0.15, -0.1) is 0 Å². The smallest absolute Gasteiger partial charge is 0.139 e. The minimum absolute atomic E-state index is 0.224. The van der Waals surface area contributed by atoms with Crippen molar-refractivity contribution in [1.82, 2.24) is 0 Å². The third-order valence-electron chi connectivity index (χ3n) is 2.02. The van der Waals surface area contributed by atoms with Crippen LogP contribution in [0.1, 0.15) is 26.7 Å². The zero-order chi connectivity index (χ0) is 9.61. The second-order valence-electron chi connectivity index (χ2n) is 3.61. The fraction of sp³-hybridized carbons (Fsp3) is 0.889. The Balaban J connectivity index is 3.72. The Bertz CT molecular complexity index is 143. The summed E-state index contributed by atoms with van der Waals surface area (Å²) in [7, 11) is 1.64. The predicted octanol–water partition coefficient (Wildman–Crippen LogP) is 0.967. The predicted molar refractivity (Wildman–Crippen MR) is 49.0 cm³/mol. The number of carbonyl (C=O) groups excluding carboxylic acids is 1. The van der Waals surface area contributed by atoms with Gasteiger partial charge < -0.3 is 10.5 Å². The number of ketones is 1. The lowest BCUT2D eigenvalue weighted by molar-refractivity contribution is -0.126. The van der Waals surface area contributed by atoms with Gasteiger partial charge in [-0.2, -0.15) is 0 Å². The second kappa shape index (κ2) is 5.27. The monoisotopic (exact) mass is 173 g/mol. The van der Waals surface area contributed by atoms with Crippen LogP contribution in [0.15, 0.2) is 0 Å². The molecule has 0 saturated heterocycles. The average molecular weight is 173 g/mol. The lowest BCUT2D eigenvalue weighted by Gasteiger charge is -2.20. The van der Waals surface area contributed by atoms with E-state index in [2.05, 4.69) is 0 Å². The summed E-state index contributed by atoms with van der Waals surface area (Å²) in [4.78, 5) is 11.4. The van der Waals surface area contributed by atoms with E-state index in [1.807, 2.05) is 13.8 Å². The lowest BCUT2D eigenvalue weighted by atomic mass is 9.86. The highest BCUT2D eigenvalue weighted by atomic mass is 16.5. The van der Waals surface area contributed by atoms with Gasteiger partial charge in [0.2, 0.25) is 0 Å². The Kier molecular flexibility index (Phi) is 5.09. The molecule has 0 unspecified atom stereocenters.